The van der Waals surface area contributed by atoms with E-state index >= 15 is 0 Å². The van der Waals surface area contributed by atoms with Crippen LogP contribution in [0, 0.1) is 0 Å². The van der Waals surface area contributed by atoms with E-state index in [1.165, 1.54) is 78.1 Å². The van der Waals surface area contributed by atoms with Crippen molar-refractivity contribution >= 4 is 79.1 Å². The Bertz CT molecular complexity index is 2860. The number of hydrogen-bond donors (Lipinski definition) is 0. The fraction of sp³-hybridized carbons (Fsp3) is 0.356. The molecule has 6 heteroatoms. The van der Waals surface area contributed by atoms with Gasteiger partial charge >= 0.3 is 0 Å². The second-order valence-corrected chi connectivity index (χ2v) is 25.3. The minimum atomic E-state index is -0.144. The van der Waals surface area contributed by atoms with Crippen molar-refractivity contribution in [2.24, 2.45) is 0 Å². The highest BCUT2D eigenvalue weighted by Crippen LogP contribution is 2.51. The Morgan fingerprint density at radius 2 is 0.985 bits per heavy atom. The summed E-state index contributed by atoms with van der Waals surface area (Å²) in [6.45, 7) is 30.6. The van der Waals surface area contributed by atoms with Gasteiger partial charge in [0.2, 0.25) is 0 Å². The van der Waals surface area contributed by atoms with Crippen LogP contribution in [0.1, 0.15) is 136 Å². The molecule has 0 atom stereocenters. The van der Waals surface area contributed by atoms with Gasteiger partial charge in [0.25, 0.3) is 0 Å². The lowest BCUT2D eigenvalue weighted by molar-refractivity contribution is 0.332. The van der Waals surface area contributed by atoms with E-state index in [-0.39, 0.29) is 32.2 Å². The summed E-state index contributed by atoms with van der Waals surface area (Å²) in [7, 11) is 7.07. The Kier molecular flexibility index (Phi) is 11.8. The third kappa shape index (κ3) is 9.27. The Morgan fingerprint density at radius 3 is 1.57 bits per heavy atom. The van der Waals surface area contributed by atoms with Gasteiger partial charge in [-0.25, -0.2) is 0 Å². The molecule has 8 rings (SSSR count). The van der Waals surface area contributed by atoms with Crippen molar-refractivity contribution in [1.29, 1.82) is 0 Å². The van der Waals surface area contributed by atoms with Crippen LogP contribution in [0.5, 0.6) is 0 Å². The van der Waals surface area contributed by atoms with Gasteiger partial charge in [0.1, 0.15) is 0 Å². The maximum atomic E-state index is 2.58. The fourth-order valence-corrected chi connectivity index (χ4v) is 10.6. The van der Waals surface area contributed by atoms with E-state index in [1.54, 1.807) is 0 Å². The van der Waals surface area contributed by atoms with Gasteiger partial charge in [-0.3, -0.25) is 0 Å². The van der Waals surface area contributed by atoms with Crippen molar-refractivity contribution in [3.63, 3.8) is 0 Å². The van der Waals surface area contributed by atoms with E-state index < -0.39 is 0 Å². The van der Waals surface area contributed by atoms with E-state index in [1.807, 2.05) is 11.3 Å². The van der Waals surface area contributed by atoms with Crippen LogP contribution >= 0.6 is 11.3 Å². The topological polar surface area (TPSA) is 6.48 Å². The third-order valence-corrected chi connectivity index (χ3v) is 15.2. The van der Waals surface area contributed by atoms with Crippen LogP contribution in [0.2, 0.25) is 0 Å². The highest BCUT2D eigenvalue weighted by Gasteiger charge is 2.38. The summed E-state index contributed by atoms with van der Waals surface area (Å²) >= 11 is 1.84. The van der Waals surface area contributed by atoms with Gasteiger partial charge in [0, 0.05) is 43.8 Å². The highest BCUT2D eigenvalue weighted by molar-refractivity contribution is 7.17. The van der Waals surface area contributed by atoms with Crippen molar-refractivity contribution < 1.29 is 0 Å². The van der Waals surface area contributed by atoms with Gasteiger partial charge in [0.05, 0.1) is 34.9 Å². The number of nitrogens with zero attached hydrogens (tertiary/aromatic N) is 2. The predicted molar refractivity (Wildman–Crippen MR) is 295 cm³/mol. The second kappa shape index (κ2) is 16.4. The number of hydrogen-bond acceptors (Lipinski definition) is 3. The molecule has 65 heavy (non-hydrogen) atoms. The third-order valence-electron chi connectivity index (χ3n) is 14.2. The molecule has 2 nitrogen and oxygen atoms in total. The van der Waals surface area contributed by atoms with E-state index in [0.717, 1.165) is 23.5 Å². The first-order valence-corrected chi connectivity index (χ1v) is 24.8. The zero-order valence-corrected chi connectivity index (χ0v) is 43.2. The van der Waals surface area contributed by atoms with E-state index in [4.69, 9.17) is 0 Å². The molecule has 0 spiro atoms. The molecular formula is C59H71B3N2S. The average Bonchev–Trinajstić information content (AvgIpc) is 3.65. The first-order chi connectivity index (χ1) is 30.2. The summed E-state index contributed by atoms with van der Waals surface area (Å²) in [5.74, 6) is 0. The van der Waals surface area contributed by atoms with Crippen LogP contribution in [-0.2, 0) is 32.2 Å². The Hall–Kier alpha value is -4.93. The molecule has 1 heterocycles. The number of anilines is 6. The van der Waals surface area contributed by atoms with Crippen LogP contribution in [0.15, 0.2) is 133 Å². The normalized spacial score (nSPS) is 15.2. The minimum absolute atomic E-state index is 0.0179. The predicted octanol–water partition coefficient (Wildman–Crippen LogP) is 14.8. The van der Waals surface area contributed by atoms with Crippen LogP contribution in [0.3, 0.4) is 0 Å². The summed E-state index contributed by atoms with van der Waals surface area (Å²) in [6, 6.07) is 49.4. The summed E-state index contributed by atoms with van der Waals surface area (Å²) in [5.41, 5.74) is 17.8. The molecule has 1 aliphatic carbocycles. The molecular weight excluding hydrogens is 801 g/mol. The number of benzene rings is 6. The van der Waals surface area contributed by atoms with Gasteiger partial charge in [-0.15, -0.1) is 11.3 Å². The molecule has 7 aromatic rings. The van der Waals surface area contributed by atoms with Crippen LogP contribution < -0.4 is 9.80 Å². The Balaban J connectivity index is 1.47. The molecule has 0 unspecified atom stereocenters. The van der Waals surface area contributed by atoms with Crippen molar-refractivity contribution in [2.45, 2.75) is 135 Å². The average molecular weight is 873 g/mol. The number of thiophene rings is 1. The quantitative estimate of drug-likeness (QED) is 0.140. The zero-order chi connectivity index (χ0) is 47.1. The Morgan fingerprint density at radius 1 is 0.462 bits per heavy atom. The summed E-state index contributed by atoms with van der Waals surface area (Å²) in [4.78, 5) is 5.11. The van der Waals surface area contributed by atoms with Gasteiger partial charge in [-0.1, -0.05) is 161 Å². The van der Waals surface area contributed by atoms with Crippen LogP contribution in [-0.4, -0.2) is 23.5 Å². The lowest BCUT2D eigenvalue weighted by Crippen LogP contribution is -2.34. The minimum Gasteiger partial charge on any atom is -0.310 e. The molecule has 0 N–H and O–H groups in total. The molecule has 1 aromatic heterocycles. The molecule has 0 radical (unpaired) electrons. The maximum Gasteiger partial charge on any atom is 0.0955 e. The van der Waals surface area contributed by atoms with E-state index in [9.17, 15) is 0 Å². The zero-order valence-electron chi connectivity index (χ0n) is 42.4. The molecule has 0 fully saturated rings. The molecule has 0 aliphatic heterocycles. The van der Waals surface area contributed by atoms with E-state index in [0.29, 0.717) is 0 Å². The number of rotatable bonds is 8. The first-order valence-electron chi connectivity index (χ1n) is 24.0. The van der Waals surface area contributed by atoms with Crippen LogP contribution in [0.4, 0.5) is 34.1 Å². The second-order valence-electron chi connectivity index (χ2n) is 24.4. The van der Waals surface area contributed by atoms with Crippen molar-refractivity contribution in [3.8, 4) is 11.1 Å². The van der Waals surface area contributed by atoms with Gasteiger partial charge in [-0.05, 0) is 140 Å². The molecule has 6 aromatic carbocycles. The standard InChI is InChI=1S/C59H71B3N2S/c1-54(2,3)39-19-23-43(24-20-39)63(52-37-65-53-28-22-41(34-48(52)53)56(7,8)9)45-31-42(59(60,61)62)32-46(35-45)64(44-25-26-49-50(36-44)58(12,13)30-29-57(49,10)11)51-27-21-40(55(4,5)6)33-47(51)38-17-15-14-16-18-38/h14-28,31-37H,29-30,60-62H2,1-13H3. The van der Waals surface area contributed by atoms with Crippen molar-refractivity contribution in [2.75, 3.05) is 9.80 Å². The summed E-state index contributed by atoms with van der Waals surface area (Å²) in [6.07, 6.45) is 2.34. The molecule has 0 saturated carbocycles. The van der Waals surface area contributed by atoms with Gasteiger partial charge < -0.3 is 9.80 Å². The fourth-order valence-electron chi connectivity index (χ4n) is 9.67. The van der Waals surface area contributed by atoms with Crippen LogP contribution in [0.25, 0.3) is 21.2 Å². The maximum absolute atomic E-state index is 2.58. The molecule has 0 bridgehead atoms. The summed E-state index contributed by atoms with van der Waals surface area (Å²) in [5, 5.41) is 3.52. The van der Waals surface area contributed by atoms with Crippen molar-refractivity contribution in [3.05, 3.63) is 166 Å². The molecule has 0 saturated heterocycles. The Labute approximate surface area is 399 Å². The molecule has 332 valence electrons. The number of fused-ring (bicyclic) bond motifs is 2. The molecule has 0 amide bonds. The monoisotopic (exact) mass is 873 g/mol. The lowest BCUT2D eigenvalue weighted by Gasteiger charge is -2.42. The molecule has 1 aliphatic rings. The first kappa shape index (κ1) is 46.6. The summed E-state index contributed by atoms with van der Waals surface area (Å²) < 4.78 is 1.30. The largest absolute Gasteiger partial charge is 0.310 e. The van der Waals surface area contributed by atoms with Crippen molar-refractivity contribution in [1.82, 2.24) is 0 Å². The van der Waals surface area contributed by atoms with E-state index in [2.05, 4.69) is 256 Å². The highest BCUT2D eigenvalue weighted by atomic mass is 32.1. The lowest BCUT2D eigenvalue weighted by atomic mass is 9.40. The SMILES string of the molecule is BC(B)(B)c1cc(N(c2ccc3c(c2)C(C)(C)CCC3(C)C)c2ccc(C(C)(C)C)cc2-c2ccccc2)cc(N(c2ccc(C(C)(C)C)cc2)c2csc3ccc(C(C)(C)C)cc23)c1. The van der Waals surface area contributed by atoms with Gasteiger partial charge in [-0.2, -0.15) is 0 Å². The van der Waals surface area contributed by atoms with Gasteiger partial charge in [0.15, 0.2) is 0 Å². The smallest absolute Gasteiger partial charge is 0.0955 e.